The van der Waals surface area contributed by atoms with Crippen LogP contribution in [-0.4, -0.2) is 32.2 Å². The second-order valence-corrected chi connectivity index (χ2v) is 5.13. The van der Waals surface area contributed by atoms with E-state index >= 15 is 0 Å². The number of hydrogen-bond acceptors (Lipinski definition) is 4. The van der Waals surface area contributed by atoms with Crippen LogP contribution in [0.4, 0.5) is 14.5 Å². The van der Waals surface area contributed by atoms with Gasteiger partial charge in [0, 0.05) is 18.5 Å². The molecule has 0 atom stereocenters. The van der Waals surface area contributed by atoms with Crippen molar-refractivity contribution in [3.8, 4) is 0 Å². The van der Waals surface area contributed by atoms with Gasteiger partial charge in [-0.3, -0.25) is 9.20 Å². The maximum atomic E-state index is 12.9. The highest BCUT2D eigenvalue weighted by Gasteiger charge is 2.17. The molecule has 1 amide bonds. The Bertz CT molecular complexity index is 862. The van der Waals surface area contributed by atoms with Crippen LogP contribution < -0.4 is 5.32 Å². The lowest BCUT2D eigenvalue weighted by Crippen LogP contribution is -2.13. The lowest BCUT2D eigenvalue weighted by atomic mass is 10.1. The number of nitrogens with one attached hydrogen (secondary N) is 1. The van der Waals surface area contributed by atoms with Gasteiger partial charge in [0.2, 0.25) is 5.82 Å². The first kappa shape index (κ1) is 16.0. The molecule has 3 rings (SSSR count). The van der Waals surface area contributed by atoms with E-state index in [-0.39, 0.29) is 17.8 Å². The minimum Gasteiger partial charge on any atom is -0.396 e. The zero-order chi connectivity index (χ0) is 17.1. The number of pyridine rings is 1. The third-order valence-corrected chi connectivity index (χ3v) is 3.50. The molecule has 1 aromatic carbocycles. The first-order valence-corrected chi connectivity index (χ1v) is 7.22. The molecule has 0 fully saturated rings. The number of anilines is 1. The molecule has 0 unspecified atom stereocenters. The highest BCUT2D eigenvalue weighted by Crippen LogP contribution is 2.18. The van der Waals surface area contributed by atoms with Gasteiger partial charge < -0.3 is 10.4 Å². The van der Waals surface area contributed by atoms with Gasteiger partial charge in [-0.05, 0) is 36.2 Å². The number of rotatable bonds is 5. The summed E-state index contributed by atoms with van der Waals surface area (Å²) in [5.74, 6) is -0.936. The highest BCUT2D eigenvalue weighted by molar-refractivity contribution is 6.04. The number of amides is 1. The molecule has 2 heterocycles. The largest absolute Gasteiger partial charge is 0.396 e. The maximum Gasteiger partial charge on any atom is 0.297 e. The molecule has 6 nitrogen and oxygen atoms in total. The van der Waals surface area contributed by atoms with E-state index in [2.05, 4.69) is 15.5 Å². The molecule has 2 N–H and O–H groups in total. The molecule has 2 aromatic heterocycles. The number of alkyl halides is 2. The fraction of sp³-hybridized carbons (Fsp3) is 0.188. The Balaban J connectivity index is 1.81. The molecule has 0 spiro atoms. The molecule has 0 aliphatic heterocycles. The molecule has 24 heavy (non-hydrogen) atoms. The first-order chi connectivity index (χ1) is 11.6. The van der Waals surface area contributed by atoms with Crippen molar-refractivity contribution >= 4 is 17.2 Å². The second kappa shape index (κ2) is 6.71. The Labute approximate surface area is 135 Å². The van der Waals surface area contributed by atoms with Crippen molar-refractivity contribution in [1.82, 2.24) is 14.6 Å². The summed E-state index contributed by atoms with van der Waals surface area (Å²) in [6.45, 7) is 0.0527. The van der Waals surface area contributed by atoms with Gasteiger partial charge in [-0.2, -0.15) is 0 Å². The third kappa shape index (κ3) is 3.23. The zero-order valence-corrected chi connectivity index (χ0v) is 12.5. The quantitative estimate of drug-likeness (QED) is 0.752. The molecule has 124 valence electrons. The Hall–Kier alpha value is -2.87. The Morgan fingerprint density at radius 3 is 2.58 bits per heavy atom. The molecular formula is C16H14F2N4O2. The van der Waals surface area contributed by atoms with E-state index in [1.54, 1.807) is 24.3 Å². The highest BCUT2D eigenvalue weighted by atomic mass is 19.3. The molecule has 0 aliphatic carbocycles. The number of carbonyl (C=O) groups is 1. The summed E-state index contributed by atoms with van der Waals surface area (Å²) < 4.78 is 26.8. The third-order valence-electron chi connectivity index (χ3n) is 3.50. The van der Waals surface area contributed by atoms with Crippen LogP contribution in [0.15, 0.2) is 42.6 Å². The van der Waals surface area contributed by atoms with Crippen molar-refractivity contribution in [2.75, 3.05) is 11.9 Å². The van der Waals surface area contributed by atoms with E-state index in [9.17, 15) is 13.6 Å². The number of fused-ring (bicyclic) bond motifs is 1. The SMILES string of the molecule is O=C(Nc1ccc(CCO)cc1)c1ccc2nnc(C(F)F)n2c1. The normalized spacial score (nSPS) is 11.2. The molecule has 0 bridgehead atoms. The van der Waals surface area contributed by atoms with Crippen molar-refractivity contribution in [3.05, 3.63) is 59.5 Å². The summed E-state index contributed by atoms with van der Waals surface area (Å²) in [6.07, 6.45) is -0.960. The lowest BCUT2D eigenvalue weighted by molar-refractivity contribution is 0.102. The number of hydrogen-bond donors (Lipinski definition) is 2. The van der Waals surface area contributed by atoms with E-state index in [1.807, 2.05) is 0 Å². The van der Waals surface area contributed by atoms with Gasteiger partial charge in [-0.1, -0.05) is 12.1 Å². The van der Waals surface area contributed by atoms with Crippen LogP contribution >= 0.6 is 0 Å². The number of aromatic nitrogens is 3. The average molecular weight is 332 g/mol. The van der Waals surface area contributed by atoms with E-state index in [1.165, 1.54) is 18.3 Å². The van der Waals surface area contributed by atoms with Crippen LogP contribution in [0.5, 0.6) is 0 Å². The zero-order valence-electron chi connectivity index (χ0n) is 12.5. The topological polar surface area (TPSA) is 79.5 Å². The van der Waals surface area contributed by atoms with E-state index in [0.717, 1.165) is 9.96 Å². The smallest absolute Gasteiger partial charge is 0.297 e. The number of halogens is 2. The molecule has 0 saturated heterocycles. The lowest BCUT2D eigenvalue weighted by Gasteiger charge is -2.07. The molecule has 0 radical (unpaired) electrons. The van der Waals surface area contributed by atoms with Crippen molar-refractivity contribution < 1.29 is 18.7 Å². The minimum absolute atomic E-state index is 0.0527. The summed E-state index contributed by atoms with van der Waals surface area (Å²) in [5, 5.41) is 18.6. The molecule has 0 saturated carbocycles. The molecule has 8 heteroatoms. The van der Waals surface area contributed by atoms with Crippen LogP contribution in [0, 0.1) is 0 Å². The minimum atomic E-state index is -2.78. The number of benzene rings is 1. The van der Waals surface area contributed by atoms with Gasteiger partial charge in [0.15, 0.2) is 5.65 Å². The maximum absolute atomic E-state index is 12.9. The summed E-state index contributed by atoms with van der Waals surface area (Å²) in [7, 11) is 0. The predicted octanol–water partition coefficient (Wildman–Crippen LogP) is 2.45. The van der Waals surface area contributed by atoms with Gasteiger partial charge in [0.25, 0.3) is 12.3 Å². The molecule has 3 aromatic rings. The molecule has 0 aliphatic rings. The standard InChI is InChI=1S/C16H14F2N4O2/c17-14(18)15-21-20-13-6-3-11(9-22(13)15)16(24)19-12-4-1-10(2-5-12)7-8-23/h1-6,9,14,23H,7-8H2,(H,19,24). The van der Waals surface area contributed by atoms with Crippen LogP contribution in [0.3, 0.4) is 0 Å². The van der Waals surface area contributed by atoms with Crippen LogP contribution in [0.2, 0.25) is 0 Å². The van der Waals surface area contributed by atoms with E-state index in [0.29, 0.717) is 12.1 Å². The van der Waals surface area contributed by atoms with Gasteiger partial charge >= 0.3 is 0 Å². The summed E-state index contributed by atoms with van der Waals surface area (Å²) in [4.78, 5) is 12.3. The van der Waals surface area contributed by atoms with Gasteiger partial charge in [0.05, 0.1) is 5.56 Å². The monoisotopic (exact) mass is 332 g/mol. The van der Waals surface area contributed by atoms with Crippen molar-refractivity contribution in [3.63, 3.8) is 0 Å². The van der Waals surface area contributed by atoms with Crippen molar-refractivity contribution in [2.45, 2.75) is 12.8 Å². The molecular weight excluding hydrogens is 318 g/mol. The number of carbonyl (C=O) groups excluding carboxylic acids is 1. The van der Waals surface area contributed by atoms with Gasteiger partial charge in [0.1, 0.15) is 0 Å². The van der Waals surface area contributed by atoms with Gasteiger partial charge in [-0.25, -0.2) is 8.78 Å². The van der Waals surface area contributed by atoms with Crippen LogP contribution in [0.1, 0.15) is 28.2 Å². The van der Waals surface area contributed by atoms with E-state index in [4.69, 9.17) is 5.11 Å². The van der Waals surface area contributed by atoms with Crippen molar-refractivity contribution in [2.24, 2.45) is 0 Å². The van der Waals surface area contributed by atoms with Gasteiger partial charge in [-0.15, -0.1) is 10.2 Å². The van der Waals surface area contributed by atoms with E-state index < -0.39 is 18.2 Å². The predicted molar refractivity (Wildman–Crippen MR) is 83.1 cm³/mol. The fourth-order valence-electron chi connectivity index (χ4n) is 2.28. The first-order valence-electron chi connectivity index (χ1n) is 7.22. The summed E-state index contributed by atoms with van der Waals surface area (Å²) in [5.41, 5.74) is 1.97. The number of nitrogens with zero attached hydrogens (tertiary/aromatic N) is 3. The van der Waals surface area contributed by atoms with Crippen LogP contribution in [-0.2, 0) is 6.42 Å². The van der Waals surface area contributed by atoms with Crippen molar-refractivity contribution in [1.29, 1.82) is 0 Å². The Morgan fingerprint density at radius 2 is 1.92 bits per heavy atom. The second-order valence-electron chi connectivity index (χ2n) is 5.13. The van der Waals surface area contributed by atoms with Crippen LogP contribution in [0.25, 0.3) is 5.65 Å². The fourth-order valence-corrected chi connectivity index (χ4v) is 2.28. The Kier molecular flexibility index (Phi) is 4.48. The average Bonchev–Trinajstić information content (AvgIpc) is 3.00. The summed E-state index contributed by atoms with van der Waals surface area (Å²) in [6, 6.07) is 9.97. The number of aliphatic hydroxyl groups excluding tert-OH is 1. The number of aliphatic hydroxyl groups is 1. The Morgan fingerprint density at radius 1 is 1.17 bits per heavy atom. The summed E-state index contributed by atoms with van der Waals surface area (Å²) >= 11 is 0.